The molecule has 7 heteroatoms. The van der Waals surface area contributed by atoms with E-state index in [1.807, 2.05) is 23.3 Å². The van der Waals surface area contributed by atoms with E-state index < -0.39 is 0 Å². The summed E-state index contributed by atoms with van der Waals surface area (Å²) >= 11 is 5.94. The van der Waals surface area contributed by atoms with E-state index in [2.05, 4.69) is 32.4 Å². The molecule has 2 N–H and O–H groups in total. The van der Waals surface area contributed by atoms with Crippen molar-refractivity contribution < 1.29 is 5.11 Å². The van der Waals surface area contributed by atoms with Gasteiger partial charge < -0.3 is 10.4 Å². The summed E-state index contributed by atoms with van der Waals surface area (Å²) in [6.45, 7) is 4.01. The Kier molecular flexibility index (Phi) is 6.08. The van der Waals surface area contributed by atoms with Gasteiger partial charge in [-0.2, -0.15) is 5.10 Å². The van der Waals surface area contributed by atoms with Crippen LogP contribution in [-0.2, 0) is 13.1 Å². The van der Waals surface area contributed by atoms with Crippen molar-refractivity contribution in [2.24, 2.45) is 5.92 Å². The number of likely N-dealkylation sites (tertiary alicyclic amines) is 1. The Bertz CT molecular complexity index is 716. The minimum Gasteiger partial charge on any atom is -0.391 e. The van der Waals surface area contributed by atoms with Gasteiger partial charge in [0.1, 0.15) is 0 Å². The molecule has 0 aromatic carbocycles. The number of pyridine rings is 1. The Labute approximate surface area is 165 Å². The fourth-order valence-corrected chi connectivity index (χ4v) is 4.61. The molecular weight excluding hydrogens is 362 g/mol. The van der Waals surface area contributed by atoms with Crippen molar-refractivity contribution in [2.45, 2.75) is 57.0 Å². The summed E-state index contributed by atoms with van der Waals surface area (Å²) in [6, 6.07) is 4.87. The molecule has 2 aromatic rings. The van der Waals surface area contributed by atoms with E-state index in [0.717, 1.165) is 51.9 Å². The highest BCUT2D eigenvalue weighted by molar-refractivity contribution is 6.30. The maximum atomic E-state index is 10.5. The number of aliphatic hydroxyl groups excluding tert-OH is 1. The summed E-state index contributed by atoms with van der Waals surface area (Å²) in [6.07, 6.45) is 11.1. The number of rotatable bonds is 6. The summed E-state index contributed by atoms with van der Waals surface area (Å²) in [5.74, 6) is 0.445. The van der Waals surface area contributed by atoms with Gasteiger partial charge >= 0.3 is 0 Å². The van der Waals surface area contributed by atoms with E-state index in [4.69, 9.17) is 11.6 Å². The third-order valence-corrected chi connectivity index (χ3v) is 6.06. The molecule has 1 aliphatic carbocycles. The molecule has 1 aliphatic heterocycles. The minimum atomic E-state index is -0.268. The van der Waals surface area contributed by atoms with Crippen molar-refractivity contribution in [1.82, 2.24) is 25.0 Å². The summed E-state index contributed by atoms with van der Waals surface area (Å²) in [4.78, 5) is 6.59. The highest BCUT2D eigenvalue weighted by Gasteiger charge is 2.35. The molecule has 27 heavy (non-hydrogen) atoms. The standard InChI is InChI=1S/C20H28ClN5O/c21-17-11-23-26(14-17)13-16-9-19(20(27)10-16)24-18-3-7-25(8-4-18)12-15-1-5-22-6-2-15/h1-2,5-6,11,14,16,18-20,24,27H,3-4,7-10,12-13H2/t16?,19-,20-/m1/s1. The first-order chi connectivity index (χ1) is 13.2. The van der Waals surface area contributed by atoms with Crippen molar-refractivity contribution in [2.75, 3.05) is 13.1 Å². The molecule has 0 amide bonds. The molecule has 2 aliphatic rings. The van der Waals surface area contributed by atoms with E-state index in [1.54, 1.807) is 6.20 Å². The summed E-state index contributed by atoms with van der Waals surface area (Å²) < 4.78 is 1.89. The van der Waals surface area contributed by atoms with Crippen LogP contribution in [0.25, 0.3) is 0 Å². The Balaban J connectivity index is 1.22. The lowest BCUT2D eigenvalue weighted by Gasteiger charge is -2.34. The van der Waals surface area contributed by atoms with E-state index in [-0.39, 0.29) is 12.1 Å². The Hall–Kier alpha value is -1.47. The van der Waals surface area contributed by atoms with Gasteiger partial charge in [-0.3, -0.25) is 14.6 Å². The third-order valence-electron chi connectivity index (χ3n) is 5.87. The highest BCUT2D eigenvalue weighted by atomic mass is 35.5. The summed E-state index contributed by atoms with van der Waals surface area (Å²) in [5.41, 5.74) is 1.32. The van der Waals surface area contributed by atoms with Crippen molar-refractivity contribution >= 4 is 11.6 Å². The number of hydrogen-bond acceptors (Lipinski definition) is 5. The third kappa shape index (κ3) is 5.08. The van der Waals surface area contributed by atoms with Crippen LogP contribution in [0.2, 0.25) is 5.02 Å². The minimum absolute atomic E-state index is 0.192. The van der Waals surface area contributed by atoms with Gasteiger partial charge in [0.25, 0.3) is 0 Å². The van der Waals surface area contributed by atoms with Crippen LogP contribution in [0.3, 0.4) is 0 Å². The van der Waals surface area contributed by atoms with Gasteiger partial charge in [0.15, 0.2) is 0 Å². The Morgan fingerprint density at radius 2 is 1.96 bits per heavy atom. The molecule has 2 aromatic heterocycles. The van der Waals surface area contributed by atoms with Crippen molar-refractivity contribution in [3.05, 3.63) is 47.5 Å². The summed E-state index contributed by atoms with van der Waals surface area (Å²) in [7, 11) is 0. The second kappa shape index (κ2) is 8.69. The largest absolute Gasteiger partial charge is 0.391 e. The average molecular weight is 390 g/mol. The molecule has 1 saturated heterocycles. The van der Waals surface area contributed by atoms with Crippen LogP contribution in [0.15, 0.2) is 36.9 Å². The number of halogens is 1. The monoisotopic (exact) mass is 389 g/mol. The van der Waals surface area contributed by atoms with E-state index >= 15 is 0 Å². The number of hydrogen-bond donors (Lipinski definition) is 2. The van der Waals surface area contributed by atoms with Gasteiger partial charge in [0, 0.05) is 43.8 Å². The molecular formula is C20H28ClN5O. The Morgan fingerprint density at radius 3 is 2.67 bits per heavy atom. The van der Waals surface area contributed by atoms with Crippen molar-refractivity contribution in [3.63, 3.8) is 0 Å². The van der Waals surface area contributed by atoms with Crippen LogP contribution >= 0.6 is 11.6 Å². The predicted octanol–water partition coefficient (Wildman–Crippen LogP) is 2.33. The van der Waals surface area contributed by atoms with Crippen LogP contribution in [0.4, 0.5) is 0 Å². The van der Waals surface area contributed by atoms with Crippen molar-refractivity contribution in [3.8, 4) is 0 Å². The molecule has 1 saturated carbocycles. The quantitative estimate of drug-likeness (QED) is 0.793. The van der Waals surface area contributed by atoms with Gasteiger partial charge in [0.2, 0.25) is 0 Å². The molecule has 2 fully saturated rings. The van der Waals surface area contributed by atoms with Gasteiger partial charge in [-0.15, -0.1) is 0 Å². The van der Waals surface area contributed by atoms with Gasteiger partial charge in [-0.1, -0.05) is 11.6 Å². The fourth-order valence-electron chi connectivity index (χ4n) is 4.46. The maximum Gasteiger partial charge on any atom is 0.0785 e. The van der Waals surface area contributed by atoms with Crippen LogP contribution in [0, 0.1) is 5.92 Å². The lowest BCUT2D eigenvalue weighted by Crippen LogP contribution is -2.48. The molecule has 3 atom stereocenters. The molecule has 0 radical (unpaired) electrons. The molecule has 0 bridgehead atoms. The Morgan fingerprint density at radius 1 is 1.19 bits per heavy atom. The number of nitrogens with zero attached hydrogens (tertiary/aromatic N) is 4. The molecule has 1 unspecified atom stereocenters. The highest BCUT2D eigenvalue weighted by Crippen LogP contribution is 2.29. The first-order valence-electron chi connectivity index (χ1n) is 9.89. The van der Waals surface area contributed by atoms with Gasteiger partial charge in [-0.05, 0) is 62.4 Å². The second-order valence-corrected chi connectivity index (χ2v) is 8.40. The fraction of sp³-hybridized carbons (Fsp3) is 0.600. The molecule has 3 heterocycles. The zero-order valence-electron chi connectivity index (χ0n) is 15.5. The zero-order chi connectivity index (χ0) is 18.6. The van der Waals surface area contributed by atoms with E-state index in [9.17, 15) is 5.11 Å². The van der Waals surface area contributed by atoms with E-state index in [0.29, 0.717) is 17.0 Å². The van der Waals surface area contributed by atoms with Crippen molar-refractivity contribution in [1.29, 1.82) is 0 Å². The number of aromatic nitrogens is 3. The van der Waals surface area contributed by atoms with Gasteiger partial charge in [0.05, 0.1) is 17.3 Å². The lowest BCUT2D eigenvalue weighted by atomic mass is 10.0. The van der Waals surface area contributed by atoms with Crippen LogP contribution in [0.1, 0.15) is 31.2 Å². The molecule has 0 spiro atoms. The normalized spacial score (nSPS) is 27.3. The van der Waals surface area contributed by atoms with Crippen LogP contribution in [-0.4, -0.2) is 56.0 Å². The number of aliphatic hydroxyl groups is 1. The predicted molar refractivity (Wildman–Crippen MR) is 105 cm³/mol. The van der Waals surface area contributed by atoms with Gasteiger partial charge in [-0.25, -0.2) is 0 Å². The maximum absolute atomic E-state index is 10.5. The van der Waals surface area contributed by atoms with Crippen LogP contribution < -0.4 is 5.32 Å². The first kappa shape index (κ1) is 18.9. The first-order valence-corrected chi connectivity index (χ1v) is 10.3. The van der Waals surface area contributed by atoms with Crippen LogP contribution in [0.5, 0.6) is 0 Å². The lowest BCUT2D eigenvalue weighted by molar-refractivity contribution is 0.124. The molecule has 6 nitrogen and oxygen atoms in total. The molecule has 146 valence electrons. The SMILES string of the molecule is O[C@@H]1CC(Cn2cc(Cl)cn2)C[C@H]1NC1CCN(Cc2ccncc2)CC1. The summed E-state index contributed by atoms with van der Waals surface area (Å²) in [5, 5.41) is 19.1. The molecule has 4 rings (SSSR count). The second-order valence-electron chi connectivity index (χ2n) is 7.96. The topological polar surface area (TPSA) is 66.2 Å². The smallest absolute Gasteiger partial charge is 0.0785 e. The number of nitrogens with one attached hydrogen (secondary N) is 1. The average Bonchev–Trinajstić information content (AvgIpc) is 3.23. The zero-order valence-corrected chi connectivity index (χ0v) is 16.3. The number of piperidine rings is 1. The van der Waals surface area contributed by atoms with E-state index in [1.165, 1.54) is 5.56 Å².